The molecule has 9 heteroatoms. The fraction of sp³-hybridized carbons (Fsp3) is 0.238. The molecule has 0 saturated heterocycles. The van der Waals surface area contributed by atoms with E-state index in [4.69, 9.17) is 9.84 Å². The van der Waals surface area contributed by atoms with Crippen molar-refractivity contribution in [2.24, 2.45) is 0 Å². The number of carbonyl (C=O) groups is 2. The molecule has 3 aromatic rings. The Bertz CT molecular complexity index is 1130. The number of nitrogens with one attached hydrogen (secondary N) is 1. The average Bonchev–Trinajstić information content (AvgIpc) is 3.43. The number of thiophene rings is 1. The molecule has 1 aliphatic carbocycles. The van der Waals surface area contributed by atoms with Gasteiger partial charge in [-0.05, 0) is 35.6 Å². The zero-order valence-corrected chi connectivity index (χ0v) is 16.6. The van der Waals surface area contributed by atoms with Crippen LogP contribution in [0.1, 0.15) is 35.2 Å². The lowest BCUT2D eigenvalue weighted by atomic mass is 9.80. The second-order valence-electron chi connectivity index (χ2n) is 7.24. The number of allylic oxidation sites excluding steroid dienone is 2. The lowest BCUT2D eigenvalue weighted by molar-refractivity contribution is -0.139. The smallest absolute Gasteiger partial charge is 0.341 e. The van der Waals surface area contributed by atoms with E-state index in [2.05, 4.69) is 21.5 Å². The molecule has 0 saturated carbocycles. The fourth-order valence-electron chi connectivity index (χ4n) is 4.08. The SMILES string of the molecule is O=C(O)COc1ccc([C@@H]2C3=C(C[C@@H](c4cccs4)CC3=O)Nc3ncnn32)cc1. The van der Waals surface area contributed by atoms with Crippen LogP contribution in [-0.4, -0.2) is 38.2 Å². The number of fused-ring (bicyclic) bond motifs is 1. The van der Waals surface area contributed by atoms with E-state index in [1.807, 2.05) is 23.6 Å². The Kier molecular flexibility index (Phi) is 4.59. The Morgan fingerprint density at radius 2 is 2.10 bits per heavy atom. The molecular formula is C21H18N4O4S. The zero-order valence-electron chi connectivity index (χ0n) is 15.8. The molecule has 2 aliphatic rings. The van der Waals surface area contributed by atoms with Crippen LogP contribution in [0.25, 0.3) is 0 Å². The predicted molar refractivity (Wildman–Crippen MR) is 110 cm³/mol. The van der Waals surface area contributed by atoms with E-state index in [1.165, 1.54) is 11.2 Å². The van der Waals surface area contributed by atoms with E-state index in [9.17, 15) is 9.59 Å². The highest BCUT2D eigenvalue weighted by atomic mass is 32.1. The maximum atomic E-state index is 13.2. The van der Waals surface area contributed by atoms with Crippen LogP contribution in [0.15, 0.2) is 59.4 Å². The van der Waals surface area contributed by atoms with Crippen LogP contribution < -0.4 is 10.1 Å². The van der Waals surface area contributed by atoms with Gasteiger partial charge in [-0.1, -0.05) is 18.2 Å². The number of carboxylic acid groups (broad SMARTS) is 1. The zero-order chi connectivity index (χ0) is 20.7. The number of rotatable bonds is 5. The molecule has 2 atom stereocenters. The fourth-order valence-corrected chi connectivity index (χ4v) is 4.91. The molecule has 0 fully saturated rings. The Morgan fingerprint density at radius 1 is 1.27 bits per heavy atom. The van der Waals surface area contributed by atoms with E-state index >= 15 is 0 Å². The van der Waals surface area contributed by atoms with Gasteiger partial charge in [0.2, 0.25) is 5.95 Å². The quantitative estimate of drug-likeness (QED) is 0.650. The van der Waals surface area contributed by atoms with Crippen molar-refractivity contribution in [2.45, 2.75) is 24.8 Å². The molecule has 3 heterocycles. The van der Waals surface area contributed by atoms with Gasteiger partial charge in [0.25, 0.3) is 0 Å². The summed E-state index contributed by atoms with van der Waals surface area (Å²) in [5.74, 6) is 0.276. The summed E-state index contributed by atoms with van der Waals surface area (Å²) in [7, 11) is 0. The van der Waals surface area contributed by atoms with Gasteiger partial charge in [0, 0.05) is 28.5 Å². The standard InChI is InChI=1S/C21H18N4O4S/c26-16-9-13(17-2-1-7-30-17)8-15-19(16)20(25-21(24-15)22-11-23-25)12-3-5-14(6-4-12)29-10-18(27)28/h1-7,11,13,20H,8-10H2,(H,27,28)(H,22,23,24)/t13-,20-/m1/s1. The van der Waals surface area contributed by atoms with Gasteiger partial charge < -0.3 is 15.2 Å². The summed E-state index contributed by atoms with van der Waals surface area (Å²) in [4.78, 5) is 29.5. The monoisotopic (exact) mass is 422 g/mol. The van der Waals surface area contributed by atoms with Gasteiger partial charge in [0.1, 0.15) is 18.1 Å². The average molecular weight is 422 g/mol. The number of ketones is 1. The first-order valence-electron chi connectivity index (χ1n) is 9.51. The Labute approximate surface area is 175 Å². The molecule has 152 valence electrons. The summed E-state index contributed by atoms with van der Waals surface area (Å²) in [6.07, 6.45) is 2.67. The number of benzene rings is 1. The van der Waals surface area contributed by atoms with Gasteiger partial charge in [-0.25, -0.2) is 9.48 Å². The number of carboxylic acids is 1. The van der Waals surface area contributed by atoms with E-state index < -0.39 is 12.6 Å². The second kappa shape index (κ2) is 7.42. The third-order valence-electron chi connectivity index (χ3n) is 5.37. The van der Waals surface area contributed by atoms with Gasteiger partial charge in [0.05, 0.1) is 0 Å². The number of nitrogens with zero attached hydrogens (tertiary/aromatic N) is 3. The lowest BCUT2D eigenvalue weighted by Gasteiger charge is -2.34. The topological polar surface area (TPSA) is 106 Å². The van der Waals surface area contributed by atoms with E-state index in [-0.39, 0.29) is 17.7 Å². The summed E-state index contributed by atoms with van der Waals surface area (Å²) < 4.78 is 6.94. The molecular weight excluding hydrogens is 404 g/mol. The molecule has 30 heavy (non-hydrogen) atoms. The van der Waals surface area contributed by atoms with Gasteiger partial charge >= 0.3 is 5.97 Å². The summed E-state index contributed by atoms with van der Waals surface area (Å²) >= 11 is 1.67. The van der Waals surface area contributed by atoms with E-state index in [0.29, 0.717) is 23.7 Å². The number of hydrogen-bond acceptors (Lipinski definition) is 7. The molecule has 1 aliphatic heterocycles. The number of anilines is 1. The van der Waals surface area contributed by atoms with Crippen molar-refractivity contribution in [2.75, 3.05) is 11.9 Å². The number of carbonyl (C=O) groups excluding carboxylic acids is 1. The molecule has 0 spiro atoms. The molecule has 8 nitrogen and oxygen atoms in total. The summed E-state index contributed by atoms with van der Waals surface area (Å²) in [6, 6.07) is 10.8. The van der Waals surface area contributed by atoms with Crippen molar-refractivity contribution in [3.8, 4) is 5.75 Å². The molecule has 0 bridgehead atoms. The largest absolute Gasteiger partial charge is 0.482 e. The van der Waals surface area contributed by atoms with Gasteiger partial charge in [-0.3, -0.25) is 4.79 Å². The predicted octanol–water partition coefficient (Wildman–Crippen LogP) is 3.22. The first-order chi connectivity index (χ1) is 14.6. The van der Waals surface area contributed by atoms with Crippen LogP contribution in [-0.2, 0) is 9.59 Å². The van der Waals surface area contributed by atoms with Crippen molar-refractivity contribution in [1.29, 1.82) is 0 Å². The van der Waals surface area contributed by atoms with Crippen LogP contribution in [0.4, 0.5) is 5.95 Å². The van der Waals surface area contributed by atoms with Crippen molar-refractivity contribution in [3.63, 3.8) is 0 Å². The molecule has 2 N–H and O–H groups in total. The highest BCUT2D eigenvalue weighted by Crippen LogP contribution is 2.44. The molecule has 0 amide bonds. The lowest BCUT2D eigenvalue weighted by Crippen LogP contribution is -2.33. The number of hydrogen-bond donors (Lipinski definition) is 2. The Balaban J connectivity index is 1.51. The van der Waals surface area contributed by atoms with Crippen LogP contribution in [0, 0.1) is 0 Å². The molecule has 2 aromatic heterocycles. The van der Waals surface area contributed by atoms with Crippen molar-refractivity contribution >= 4 is 29.0 Å². The van der Waals surface area contributed by atoms with Crippen LogP contribution in [0.2, 0.25) is 0 Å². The number of aliphatic carboxylic acids is 1. The first-order valence-corrected chi connectivity index (χ1v) is 10.4. The third kappa shape index (κ3) is 3.26. The Morgan fingerprint density at radius 3 is 2.83 bits per heavy atom. The van der Waals surface area contributed by atoms with Crippen molar-refractivity contribution < 1.29 is 19.4 Å². The molecule has 5 rings (SSSR count). The maximum absolute atomic E-state index is 13.2. The summed E-state index contributed by atoms with van der Waals surface area (Å²) in [6.45, 7) is -0.405. The highest BCUT2D eigenvalue weighted by Gasteiger charge is 2.39. The molecule has 0 radical (unpaired) electrons. The first kappa shape index (κ1) is 18.6. The van der Waals surface area contributed by atoms with Crippen LogP contribution in [0.5, 0.6) is 5.75 Å². The van der Waals surface area contributed by atoms with Crippen molar-refractivity contribution in [1.82, 2.24) is 14.8 Å². The second-order valence-corrected chi connectivity index (χ2v) is 8.22. The van der Waals surface area contributed by atoms with E-state index in [1.54, 1.807) is 28.2 Å². The van der Waals surface area contributed by atoms with Crippen LogP contribution in [0.3, 0.4) is 0 Å². The van der Waals surface area contributed by atoms with E-state index in [0.717, 1.165) is 17.7 Å². The molecule has 0 unspecified atom stereocenters. The van der Waals surface area contributed by atoms with Crippen LogP contribution >= 0.6 is 11.3 Å². The minimum Gasteiger partial charge on any atom is -0.482 e. The minimum atomic E-state index is -1.03. The molecule has 1 aromatic carbocycles. The number of Topliss-reactive ketones (excluding diaryl/α,β-unsaturated/α-hetero) is 1. The third-order valence-corrected chi connectivity index (χ3v) is 6.40. The normalized spacial score (nSPS) is 20.3. The number of ether oxygens (including phenoxy) is 1. The summed E-state index contributed by atoms with van der Waals surface area (Å²) in [5.41, 5.74) is 2.46. The minimum absolute atomic E-state index is 0.0968. The van der Waals surface area contributed by atoms with Gasteiger partial charge in [0.15, 0.2) is 12.4 Å². The summed E-state index contributed by atoms with van der Waals surface area (Å²) in [5, 5.41) is 18.5. The number of aromatic nitrogens is 3. The Hall–Kier alpha value is -3.46. The maximum Gasteiger partial charge on any atom is 0.341 e. The van der Waals surface area contributed by atoms with Gasteiger partial charge in [-0.2, -0.15) is 10.1 Å². The van der Waals surface area contributed by atoms with Crippen molar-refractivity contribution in [3.05, 3.63) is 69.8 Å². The van der Waals surface area contributed by atoms with Gasteiger partial charge in [-0.15, -0.1) is 11.3 Å². The highest BCUT2D eigenvalue weighted by molar-refractivity contribution is 7.10.